The number of hydrogen-bond donors (Lipinski definition) is 0. The third-order valence-electron chi connectivity index (χ3n) is 5.99. The Bertz CT molecular complexity index is 465. The summed E-state index contributed by atoms with van der Waals surface area (Å²) in [5.41, 5.74) is 1.76. The maximum absolute atomic E-state index is 6.28. The van der Waals surface area contributed by atoms with Crippen LogP contribution < -0.4 is 0 Å². The minimum absolute atomic E-state index is 0. The standard InChI is InChI=1S/C17H23NO.B/c1-17-14-7-8-15(17)16(11-18(17)10-9-14)19-12-13-5-3-2-4-6-13;/h2-6,14-16H,7-12H2,1H3;/t14-,15+,16-,17+;/m0./s1. The maximum atomic E-state index is 6.28. The van der Waals surface area contributed by atoms with Crippen molar-refractivity contribution in [2.75, 3.05) is 13.1 Å². The van der Waals surface area contributed by atoms with Gasteiger partial charge in [0.05, 0.1) is 12.7 Å². The first kappa shape index (κ1) is 14.2. The van der Waals surface area contributed by atoms with Crippen molar-refractivity contribution in [1.29, 1.82) is 0 Å². The zero-order valence-corrected chi connectivity index (χ0v) is 12.3. The molecular formula is C17H23BNO. The predicted octanol–water partition coefficient (Wildman–Crippen LogP) is 2.70. The van der Waals surface area contributed by atoms with Crippen molar-refractivity contribution in [2.45, 2.75) is 44.4 Å². The summed E-state index contributed by atoms with van der Waals surface area (Å²) in [5.74, 6) is 1.70. The van der Waals surface area contributed by atoms with Gasteiger partial charge in [0.15, 0.2) is 0 Å². The summed E-state index contributed by atoms with van der Waals surface area (Å²) in [6.45, 7) is 5.72. The summed E-state index contributed by atoms with van der Waals surface area (Å²) in [5, 5.41) is 0. The van der Waals surface area contributed by atoms with Gasteiger partial charge < -0.3 is 4.74 Å². The molecule has 2 nitrogen and oxygen atoms in total. The third-order valence-corrected chi connectivity index (χ3v) is 5.99. The molecule has 3 heteroatoms. The fourth-order valence-electron chi connectivity index (χ4n) is 4.89. The summed E-state index contributed by atoms with van der Waals surface area (Å²) in [6, 6.07) is 10.6. The van der Waals surface area contributed by atoms with Crippen LogP contribution in [0.4, 0.5) is 0 Å². The summed E-state index contributed by atoms with van der Waals surface area (Å²) in [4.78, 5) is 2.71. The lowest BCUT2D eigenvalue weighted by Gasteiger charge is -2.32. The van der Waals surface area contributed by atoms with Crippen LogP contribution in [0.15, 0.2) is 30.3 Å². The Kier molecular flexibility index (Phi) is 3.68. The summed E-state index contributed by atoms with van der Waals surface area (Å²) >= 11 is 0. The molecule has 0 unspecified atom stereocenters. The Hall–Kier alpha value is -0.795. The van der Waals surface area contributed by atoms with Crippen LogP contribution in [0.1, 0.15) is 31.7 Å². The molecule has 0 amide bonds. The molecule has 1 aromatic rings. The third kappa shape index (κ3) is 1.94. The number of benzene rings is 1. The van der Waals surface area contributed by atoms with Gasteiger partial charge in [0.2, 0.25) is 0 Å². The van der Waals surface area contributed by atoms with Gasteiger partial charge in [-0.1, -0.05) is 30.3 Å². The van der Waals surface area contributed by atoms with Crippen LogP contribution in [-0.2, 0) is 11.3 Å². The van der Waals surface area contributed by atoms with Gasteiger partial charge in [0.1, 0.15) is 0 Å². The molecule has 1 aromatic carbocycles. The van der Waals surface area contributed by atoms with E-state index in [9.17, 15) is 0 Å². The van der Waals surface area contributed by atoms with E-state index < -0.39 is 0 Å². The molecule has 3 aliphatic rings. The van der Waals surface area contributed by atoms with E-state index in [1.54, 1.807) is 0 Å². The molecule has 0 spiro atoms. The maximum Gasteiger partial charge on any atom is 0.0752 e. The summed E-state index contributed by atoms with van der Waals surface area (Å²) in [6.07, 6.45) is 4.66. The van der Waals surface area contributed by atoms with Crippen LogP contribution in [0, 0.1) is 11.8 Å². The normalized spacial score (nSPS) is 38.8. The Balaban J connectivity index is 0.00000121. The van der Waals surface area contributed by atoms with Crippen LogP contribution in [0.3, 0.4) is 0 Å². The molecule has 0 bridgehead atoms. The van der Waals surface area contributed by atoms with Gasteiger partial charge in [-0.25, -0.2) is 0 Å². The SMILES string of the molecule is C[C@@]12[C@H]3CC[C@@H]1[C@@H](OCc1ccccc1)CN2CC3.[B]. The van der Waals surface area contributed by atoms with Crippen molar-refractivity contribution in [3.63, 3.8) is 0 Å². The van der Waals surface area contributed by atoms with Crippen molar-refractivity contribution in [2.24, 2.45) is 11.8 Å². The highest BCUT2D eigenvalue weighted by molar-refractivity contribution is 5.75. The minimum atomic E-state index is 0. The van der Waals surface area contributed by atoms with Crippen LogP contribution >= 0.6 is 0 Å². The first-order valence-electron chi connectivity index (χ1n) is 7.69. The zero-order valence-electron chi connectivity index (χ0n) is 12.3. The van der Waals surface area contributed by atoms with Gasteiger partial charge in [-0.2, -0.15) is 0 Å². The summed E-state index contributed by atoms with van der Waals surface area (Å²) < 4.78 is 6.28. The van der Waals surface area contributed by atoms with Crippen LogP contribution in [0.25, 0.3) is 0 Å². The average Bonchev–Trinajstić information content (AvgIpc) is 3.02. The molecule has 2 aliphatic heterocycles. The predicted molar refractivity (Wildman–Crippen MR) is 81.6 cm³/mol. The molecule has 3 radical (unpaired) electrons. The summed E-state index contributed by atoms with van der Waals surface area (Å²) in [7, 11) is 0. The monoisotopic (exact) mass is 268 g/mol. The molecule has 4 atom stereocenters. The highest BCUT2D eigenvalue weighted by Crippen LogP contribution is 2.56. The van der Waals surface area contributed by atoms with E-state index in [0.29, 0.717) is 11.6 Å². The van der Waals surface area contributed by atoms with Gasteiger partial charge >= 0.3 is 0 Å². The molecule has 0 N–H and O–H groups in total. The van der Waals surface area contributed by atoms with Crippen molar-refractivity contribution >= 4 is 8.41 Å². The van der Waals surface area contributed by atoms with Crippen molar-refractivity contribution in [3.05, 3.63) is 35.9 Å². The molecule has 0 aromatic heterocycles. The highest BCUT2D eigenvalue weighted by atomic mass is 16.5. The molecule has 2 saturated heterocycles. The number of ether oxygens (including phenoxy) is 1. The lowest BCUT2D eigenvalue weighted by atomic mass is 9.84. The van der Waals surface area contributed by atoms with Gasteiger partial charge in [-0.3, -0.25) is 4.90 Å². The number of hydrogen-bond acceptors (Lipinski definition) is 2. The zero-order chi connectivity index (χ0) is 12.9. The van der Waals surface area contributed by atoms with E-state index in [1.807, 2.05) is 0 Å². The topological polar surface area (TPSA) is 12.5 Å². The van der Waals surface area contributed by atoms with Crippen LogP contribution in [0.5, 0.6) is 0 Å². The Morgan fingerprint density at radius 2 is 2.00 bits per heavy atom. The van der Waals surface area contributed by atoms with Gasteiger partial charge in [0, 0.05) is 26.4 Å². The Morgan fingerprint density at radius 3 is 2.80 bits per heavy atom. The second kappa shape index (κ2) is 5.20. The molecule has 4 rings (SSSR count). The highest BCUT2D eigenvalue weighted by Gasteiger charge is 2.60. The fourth-order valence-corrected chi connectivity index (χ4v) is 4.89. The van der Waals surface area contributed by atoms with E-state index >= 15 is 0 Å². The van der Waals surface area contributed by atoms with Crippen molar-refractivity contribution in [1.82, 2.24) is 4.90 Å². The second-order valence-electron chi connectivity index (χ2n) is 6.68. The van der Waals surface area contributed by atoms with Gasteiger partial charge in [0.25, 0.3) is 0 Å². The Morgan fingerprint density at radius 1 is 1.20 bits per heavy atom. The van der Waals surface area contributed by atoms with E-state index in [4.69, 9.17) is 4.74 Å². The number of rotatable bonds is 3. The molecule has 1 saturated carbocycles. The Labute approximate surface area is 124 Å². The van der Waals surface area contributed by atoms with Crippen LogP contribution in [-0.4, -0.2) is 38.0 Å². The molecule has 20 heavy (non-hydrogen) atoms. The molecule has 2 heterocycles. The lowest BCUT2D eigenvalue weighted by Crippen LogP contribution is -2.41. The molecule has 3 fully saturated rings. The molecular weight excluding hydrogens is 245 g/mol. The van der Waals surface area contributed by atoms with Crippen molar-refractivity contribution < 1.29 is 4.74 Å². The van der Waals surface area contributed by atoms with E-state index in [0.717, 1.165) is 25.0 Å². The van der Waals surface area contributed by atoms with Crippen LogP contribution in [0.2, 0.25) is 0 Å². The number of nitrogens with zero attached hydrogens (tertiary/aromatic N) is 1. The smallest absolute Gasteiger partial charge is 0.0752 e. The largest absolute Gasteiger partial charge is 0.372 e. The van der Waals surface area contributed by atoms with Gasteiger partial charge in [-0.05, 0) is 44.2 Å². The lowest BCUT2D eigenvalue weighted by molar-refractivity contribution is 0.0168. The second-order valence-corrected chi connectivity index (χ2v) is 6.68. The fraction of sp³-hybridized carbons (Fsp3) is 0.647. The van der Waals surface area contributed by atoms with E-state index in [2.05, 4.69) is 42.2 Å². The van der Waals surface area contributed by atoms with E-state index in [1.165, 1.54) is 31.4 Å². The van der Waals surface area contributed by atoms with Crippen molar-refractivity contribution in [3.8, 4) is 0 Å². The first-order valence-corrected chi connectivity index (χ1v) is 7.69. The minimum Gasteiger partial charge on any atom is -0.372 e. The molecule has 1 aliphatic carbocycles. The van der Waals surface area contributed by atoms with Gasteiger partial charge in [-0.15, -0.1) is 0 Å². The quantitative estimate of drug-likeness (QED) is 0.781. The first-order chi connectivity index (χ1) is 9.28. The molecule has 105 valence electrons. The van der Waals surface area contributed by atoms with E-state index in [-0.39, 0.29) is 8.41 Å². The average molecular weight is 268 g/mol.